The normalized spacial score (nSPS) is 16.5. The van der Waals surface area contributed by atoms with Crippen LogP contribution in [0.25, 0.3) is 6.08 Å². The molecule has 0 radical (unpaired) electrons. The number of halogens is 3. The number of likely N-dealkylation sites (N-methyl/N-ethyl adjacent to an activating group) is 1. The van der Waals surface area contributed by atoms with Gasteiger partial charge in [0.15, 0.2) is 16.7 Å². The molecule has 0 N–H and O–H groups in total. The van der Waals surface area contributed by atoms with Crippen molar-refractivity contribution in [3.63, 3.8) is 0 Å². The molecular formula is C22H21Cl2IN2O3S. The van der Waals surface area contributed by atoms with Gasteiger partial charge in [-0.25, -0.2) is 0 Å². The zero-order chi connectivity index (χ0) is 22.5. The predicted molar refractivity (Wildman–Crippen MR) is 137 cm³/mol. The summed E-state index contributed by atoms with van der Waals surface area (Å²) in [5.41, 5.74) is 1.67. The van der Waals surface area contributed by atoms with Crippen LogP contribution < -0.4 is 9.47 Å². The Morgan fingerprint density at radius 3 is 2.65 bits per heavy atom. The number of hydrogen-bond acceptors (Lipinski definition) is 5. The molecule has 0 unspecified atom stereocenters. The molecule has 2 aromatic rings. The predicted octanol–water partition coefficient (Wildman–Crippen LogP) is 6.50. The first-order valence-electron chi connectivity index (χ1n) is 9.58. The lowest BCUT2D eigenvalue weighted by Crippen LogP contribution is -2.28. The molecule has 1 amide bonds. The third kappa shape index (κ3) is 5.69. The second-order valence-corrected chi connectivity index (χ2v) is 9.49. The average molecular weight is 591 g/mol. The van der Waals surface area contributed by atoms with Crippen molar-refractivity contribution in [3.05, 3.63) is 60.0 Å². The van der Waals surface area contributed by atoms with E-state index in [2.05, 4.69) is 27.6 Å². The van der Waals surface area contributed by atoms with Crippen LogP contribution in [0.1, 0.15) is 25.0 Å². The molecule has 3 rings (SSSR count). The van der Waals surface area contributed by atoms with Crippen LogP contribution in [0.4, 0.5) is 0 Å². The summed E-state index contributed by atoms with van der Waals surface area (Å²) in [5, 5.41) is 1.86. The van der Waals surface area contributed by atoms with Crippen LogP contribution in [0.5, 0.6) is 11.5 Å². The van der Waals surface area contributed by atoms with Gasteiger partial charge in [0.2, 0.25) is 0 Å². The molecule has 5 nitrogen and oxygen atoms in total. The van der Waals surface area contributed by atoms with Gasteiger partial charge in [0.1, 0.15) is 6.61 Å². The molecule has 0 saturated carbocycles. The van der Waals surface area contributed by atoms with Crippen LogP contribution in [-0.2, 0) is 11.4 Å². The van der Waals surface area contributed by atoms with Gasteiger partial charge >= 0.3 is 0 Å². The van der Waals surface area contributed by atoms with E-state index in [9.17, 15) is 4.79 Å². The van der Waals surface area contributed by atoms with Gasteiger partial charge in [0.25, 0.3) is 5.91 Å². The molecule has 164 valence electrons. The van der Waals surface area contributed by atoms with Crippen molar-refractivity contribution in [2.24, 2.45) is 4.99 Å². The number of amides is 1. The number of aliphatic imine (C=N–C) groups is 1. The largest absolute Gasteiger partial charge is 0.493 e. The number of nitrogens with zero attached hydrogens (tertiary/aromatic N) is 2. The number of benzene rings is 2. The number of hydrogen-bond donors (Lipinski definition) is 0. The van der Waals surface area contributed by atoms with Gasteiger partial charge in [-0.05, 0) is 84.1 Å². The fraction of sp³-hybridized carbons (Fsp3) is 0.273. The van der Waals surface area contributed by atoms with E-state index in [0.29, 0.717) is 39.5 Å². The summed E-state index contributed by atoms with van der Waals surface area (Å²) in [5.74, 6) is 1.16. The first-order valence-corrected chi connectivity index (χ1v) is 12.2. The fourth-order valence-corrected chi connectivity index (χ4v) is 5.29. The molecule has 9 heteroatoms. The minimum atomic E-state index is -0.0358. The van der Waals surface area contributed by atoms with E-state index in [1.807, 2.05) is 38.1 Å². The maximum Gasteiger partial charge on any atom is 0.266 e. The van der Waals surface area contributed by atoms with Crippen LogP contribution in [0, 0.1) is 3.57 Å². The lowest BCUT2D eigenvalue weighted by atomic mass is 10.1. The van der Waals surface area contributed by atoms with Crippen LogP contribution in [0.2, 0.25) is 10.0 Å². The van der Waals surface area contributed by atoms with Gasteiger partial charge in [0.05, 0.1) is 15.6 Å². The zero-order valence-electron chi connectivity index (χ0n) is 17.2. The Bertz CT molecular complexity index is 1060. The van der Waals surface area contributed by atoms with E-state index in [4.69, 9.17) is 32.7 Å². The van der Waals surface area contributed by atoms with Crippen molar-refractivity contribution in [3.8, 4) is 11.5 Å². The second kappa shape index (κ2) is 10.9. The van der Waals surface area contributed by atoms with E-state index < -0.39 is 0 Å². The number of ether oxygens (including phenoxy) is 2. The molecule has 0 spiro atoms. The number of methoxy groups -OCH3 is 1. The van der Waals surface area contributed by atoms with Crippen LogP contribution in [-0.4, -0.2) is 36.2 Å². The van der Waals surface area contributed by atoms with E-state index in [0.717, 1.165) is 19.9 Å². The number of carbonyl (C=O) groups excluding carboxylic acids is 1. The molecule has 1 fully saturated rings. The molecule has 0 bridgehead atoms. The highest BCUT2D eigenvalue weighted by atomic mass is 127. The van der Waals surface area contributed by atoms with Gasteiger partial charge in [-0.3, -0.25) is 14.7 Å². The molecule has 2 aromatic carbocycles. The van der Waals surface area contributed by atoms with Gasteiger partial charge in [0, 0.05) is 28.7 Å². The van der Waals surface area contributed by atoms with Crippen molar-refractivity contribution < 1.29 is 14.3 Å². The molecule has 0 aliphatic carbocycles. The van der Waals surface area contributed by atoms with Crippen molar-refractivity contribution in [1.82, 2.24) is 4.90 Å². The lowest BCUT2D eigenvalue weighted by molar-refractivity contribution is -0.122. The molecule has 0 aromatic heterocycles. The fourth-order valence-electron chi connectivity index (χ4n) is 2.94. The van der Waals surface area contributed by atoms with Gasteiger partial charge in [-0.2, -0.15) is 0 Å². The minimum Gasteiger partial charge on any atom is -0.493 e. The Morgan fingerprint density at radius 2 is 2.00 bits per heavy atom. The van der Waals surface area contributed by atoms with E-state index in [1.165, 1.54) is 11.8 Å². The number of thioether (sulfide) groups is 1. The number of amidine groups is 1. The van der Waals surface area contributed by atoms with Crippen LogP contribution in [0.15, 0.2) is 40.2 Å². The quantitative estimate of drug-likeness (QED) is 0.273. The highest BCUT2D eigenvalue weighted by Crippen LogP contribution is 2.38. The maximum absolute atomic E-state index is 12.7. The number of rotatable bonds is 7. The number of carbonyl (C=O) groups is 1. The van der Waals surface area contributed by atoms with Gasteiger partial charge in [-0.15, -0.1) is 0 Å². The highest BCUT2D eigenvalue weighted by Gasteiger charge is 2.31. The Hall–Kier alpha value is -1.42. The molecule has 1 aliphatic rings. The van der Waals surface area contributed by atoms with Crippen molar-refractivity contribution in [2.45, 2.75) is 20.5 Å². The Balaban J connectivity index is 1.86. The first kappa shape index (κ1) is 24.2. The summed E-state index contributed by atoms with van der Waals surface area (Å²) in [6, 6.07) is 9.10. The Kier molecular flexibility index (Phi) is 8.55. The summed E-state index contributed by atoms with van der Waals surface area (Å²) < 4.78 is 12.4. The highest BCUT2D eigenvalue weighted by molar-refractivity contribution is 14.1. The SMILES string of the molecule is CCN=C1S/C(=C/c2cc(I)c(OCc3ccc(Cl)cc3Cl)c(OC)c2)C(=O)N1CC. The van der Waals surface area contributed by atoms with Crippen LogP contribution >= 0.6 is 57.6 Å². The van der Waals surface area contributed by atoms with E-state index in [1.54, 1.807) is 24.1 Å². The maximum atomic E-state index is 12.7. The summed E-state index contributed by atoms with van der Waals surface area (Å²) in [4.78, 5) is 19.5. The zero-order valence-corrected chi connectivity index (χ0v) is 21.7. The summed E-state index contributed by atoms with van der Waals surface area (Å²) in [6.07, 6.45) is 1.86. The van der Waals surface area contributed by atoms with Crippen molar-refractivity contribution >= 4 is 74.7 Å². The first-order chi connectivity index (χ1) is 14.9. The van der Waals surface area contributed by atoms with E-state index in [-0.39, 0.29) is 12.5 Å². The minimum absolute atomic E-state index is 0.0358. The standard InChI is InChI=1S/C22H21Cl2IN2O3S/c1-4-26-22-27(5-2)21(28)19(31-22)10-13-8-17(25)20(18(9-13)29-3)30-12-14-6-7-15(23)11-16(14)24/h6-11H,4-5,12H2,1-3H3/b19-10+,26-22?. The monoisotopic (exact) mass is 590 g/mol. The van der Waals surface area contributed by atoms with Crippen molar-refractivity contribution in [2.75, 3.05) is 20.2 Å². The summed E-state index contributed by atoms with van der Waals surface area (Å²) in [7, 11) is 1.59. The van der Waals surface area contributed by atoms with E-state index >= 15 is 0 Å². The third-order valence-electron chi connectivity index (χ3n) is 4.43. The topological polar surface area (TPSA) is 51.1 Å². The Morgan fingerprint density at radius 1 is 1.23 bits per heavy atom. The van der Waals surface area contributed by atoms with Gasteiger partial charge < -0.3 is 9.47 Å². The molecule has 1 saturated heterocycles. The van der Waals surface area contributed by atoms with Crippen LogP contribution in [0.3, 0.4) is 0 Å². The molecule has 0 atom stereocenters. The second-order valence-electron chi connectivity index (χ2n) is 6.48. The molecular weight excluding hydrogens is 570 g/mol. The Labute approximate surface area is 209 Å². The summed E-state index contributed by atoms with van der Waals surface area (Å²) in [6.45, 7) is 5.39. The third-order valence-corrected chi connectivity index (χ3v) is 6.87. The molecule has 1 heterocycles. The molecule has 1 aliphatic heterocycles. The smallest absolute Gasteiger partial charge is 0.266 e. The van der Waals surface area contributed by atoms with Crippen molar-refractivity contribution in [1.29, 1.82) is 0 Å². The molecule has 31 heavy (non-hydrogen) atoms. The summed E-state index contributed by atoms with van der Waals surface area (Å²) >= 11 is 15.8. The average Bonchev–Trinajstić information content (AvgIpc) is 3.02. The van der Waals surface area contributed by atoms with Gasteiger partial charge in [-0.1, -0.05) is 29.3 Å². The lowest BCUT2D eigenvalue weighted by Gasteiger charge is -2.14.